The Hall–Kier alpha value is -1.30. The topological polar surface area (TPSA) is 0 Å². The first-order chi connectivity index (χ1) is 6.86. The highest BCUT2D eigenvalue weighted by Crippen LogP contribution is 2.21. The van der Waals surface area contributed by atoms with Crippen molar-refractivity contribution < 1.29 is 0 Å². The molecule has 0 heteroatoms. The lowest BCUT2D eigenvalue weighted by atomic mass is 10.1. The zero-order chi connectivity index (χ0) is 10.4. The van der Waals surface area contributed by atoms with Gasteiger partial charge in [0.05, 0.1) is 0 Å². The molecule has 0 amide bonds. The molecule has 0 unspecified atom stereocenters. The summed E-state index contributed by atoms with van der Waals surface area (Å²) < 4.78 is 0. The van der Waals surface area contributed by atoms with Crippen molar-refractivity contribution in [2.45, 2.75) is 27.2 Å². The van der Waals surface area contributed by atoms with Crippen LogP contribution in [0, 0.1) is 6.92 Å². The van der Waals surface area contributed by atoms with E-state index in [-0.39, 0.29) is 0 Å². The van der Waals surface area contributed by atoms with Crippen LogP contribution in [0.25, 0.3) is 5.57 Å². The fraction of sp³-hybridized carbons (Fsp3) is 0.286. The van der Waals surface area contributed by atoms with Crippen molar-refractivity contribution in [3.63, 3.8) is 0 Å². The highest BCUT2D eigenvalue weighted by atomic mass is 14.0. The molecule has 0 N–H and O–H groups in total. The van der Waals surface area contributed by atoms with Crippen molar-refractivity contribution in [3.8, 4) is 0 Å². The highest BCUT2D eigenvalue weighted by molar-refractivity contribution is 5.76. The molecular formula is C14H18. The highest BCUT2D eigenvalue weighted by Gasteiger charge is 1.99. The van der Waals surface area contributed by atoms with Crippen molar-refractivity contribution in [1.82, 2.24) is 0 Å². The first-order valence-electron chi connectivity index (χ1n) is 5.30. The Bertz CT molecular complexity index is 326. The summed E-state index contributed by atoms with van der Waals surface area (Å²) in [6.45, 7) is 6.11. The number of hydrogen-bond acceptors (Lipinski definition) is 0. The second-order valence-corrected chi connectivity index (χ2v) is 3.16. The summed E-state index contributed by atoms with van der Waals surface area (Å²) in [5.41, 5.74) is 4.01. The van der Waals surface area contributed by atoms with Crippen molar-refractivity contribution in [2.75, 3.05) is 0 Å². The smallest absolute Gasteiger partial charge is 0.0157 e. The van der Waals surface area contributed by atoms with Gasteiger partial charge < -0.3 is 0 Å². The molecule has 0 aromatic heterocycles. The maximum absolute atomic E-state index is 2.25. The number of rotatable bonds is 1. The van der Waals surface area contributed by atoms with E-state index in [9.17, 15) is 0 Å². The predicted molar refractivity (Wildman–Crippen MR) is 64.3 cm³/mol. The monoisotopic (exact) mass is 186 g/mol. The summed E-state index contributed by atoms with van der Waals surface area (Å²) in [4.78, 5) is 0. The van der Waals surface area contributed by atoms with Crippen molar-refractivity contribution in [2.24, 2.45) is 0 Å². The quantitative estimate of drug-likeness (QED) is 0.611. The van der Waals surface area contributed by atoms with Gasteiger partial charge in [0.2, 0.25) is 0 Å². The molecule has 0 bridgehead atoms. The van der Waals surface area contributed by atoms with Gasteiger partial charge in [-0.1, -0.05) is 61.9 Å². The van der Waals surface area contributed by atoms with Crippen LogP contribution in [0.5, 0.6) is 0 Å². The van der Waals surface area contributed by atoms with Gasteiger partial charge in [-0.2, -0.15) is 0 Å². The van der Waals surface area contributed by atoms with Gasteiger partial charge in [0.1, 0.15) is 0 Å². The summed E-state index contributed by atoms with van der Waals surface area (Å²) >= 11 is 0. The standard InChI is InChI=1S/C12H12.C2H6/c1-10-6-8-12(9-7-10)11-4-2-3-5-11;1-2/h2,4-9H,3H2,1H3;1-2H3. The molecule has 0 aliphatic heterocycles. The second-order valence-electron chi connectivity index (χ2n) is 3.16. The number of benzene rings is 1. The van der Waals surface area contributed by atoms with Crippen LogP contribution >= 0.6 is 0 Å². The summed E-state index contributed by atoms with van der Waals surface area (Å²) in [6, 6.07) is 8.66. The van der Waals surface area contributed by atoms with Crippen molar-refractivity contribution in [1.29, 1.82) is 0 Å². The van der Waals surface area contributed by atoms with Crippen molar-refractivity contribution in [3.05, 3.63) is 53.6 Å². The lowest BCUT2D eigenvalue weighted by molar-refractivity contribution is 1.44. The van der Waals surface area contributed by atoms with Gasteiger partial charge in [-0.05, 0) is 24.5 Å². The lowest BCUT2D eigenvalue weighted by Gasteiger charge is -1.99. The molecule has 0 fully saturated rings. The molecule has 14 heavy (non-hydrogen) atoms. The third-order valence-electron chi connectivity index (χ3n) is 2.16. The van der Waals surface area contributed by atoms with Crippen LogP contribution in [-0.2, 0) is 0 Å². The van der Waals surface area contributed by atoms with E-state index in [0.717, 1.165) is 6.42 Å². The molecule has 1 aliphatic rings. The van der Waals surface area contributed by atoms with E-state index in [1.807, 2.05) is 13.8 Å². The van der Waals surface area contributed by atoms with Gasteiger partial charge in [0.15, 0.2) is 0 Å². The van der Waals surface area contributed by atoms with E-state index in [1.54, 1.807) is 0 Å². The Morgan fingerprint density at radius 3 is 2.14 bits per heavy atom. The molecule has 0 radical (unpaired) electrons. The zero-order valence-corrected chi connectivity index (χ0v) is 9.25. The van der Waals surface area contributed by atoms with Gasteiger partial charge in [-0.25, -0.2) is 0 Å². The fourth-order valence-corrected chi connectivity index (χ4v) is 1.42. The third kappa shape index (κ3) is 2.59. The maximum atomic E-state index is 2.25. The minimum atomic E-state index is 1.09. The molecule has 74 valence electrons. The molecule has 0 saturated heterocycles. The molecule has 0 heterocycles. The van der Waals surface area contributed by atoms with E-state index in [2.05, 4.69) is 49.4 Å². The first kappa shape index (κ1) is 10.8. The average Bonchev–Trinajstić information content (AvgIpc) is 2.75. The molecule has 0 atom stereocenters. The van der Waals surface area contributed by atoms with Crippen LogP contribution < -0.4 is 0 Å². The molecule has 0 nitrogen and oxygen atoms in total. The van der Waals surface area contributed by atoms with Gasteiger partial charge in [0, 0.05) is 0 Å². The first-order valence-corrected chi connectivity index (χ1v) is 5.30. The zero-order valence-electron chi connectivity index (χ0n) is 9.25. The molecule has 2 rings (SSSR count). The lowest BCUT2D eigenvalue weighted by Crippen LogP contribution is -1.78. The van der Waals surface area contributed by atoms with E-state index < -0.39 is 0 Å². The van der Waals surface area contributed by atoms with Gasteiger partial charge in [-0.3, -0.25) is 0 Å². The molecule has 0 saturated carbocycles. The Morgan fingerprint density at radius 2 is 1.64 bits per heavy atom. The van der Waals surface area contributed by atoms with Crippen LogP contribution in [0.4, 0.5) is 0 Å². The maximum Gasteiger partial charge on any atom is -0.0157 e. The third-order valence-corrected chi connectivity index (χ3v) is 2.16. The minimum Gasteiger partial charge on any atom is -0.0801 e. The molecular weight excluding hydrogens is 168 g/mol. The summed E-state index contributed by atoms with van der Waals surface area (Å²) in [5, 5.41) is 0. The normalized spacial score (nSPS) is 13.2. The Morgan fingerprint density at radius 1 is 1.00 bits per heavy atom. The Balaban J connectivity index is 0.000000461. The molecule has 0 spiro atoms. The average molecular weight is 186 g/mol. The van der Waals surface area contributed by atoms with Crippen LogP contribution in [0.2, 0.25) is 0 Å². The van der Waals surface area contributed by atoms with E-state index >= 15 is 0 Å². The molecule has 1 aromatic rings. The van der Waals surface area contributed by atoms with Crippen molar-refractivity contribution >= 4 is 5.57 Å². The van der Waals surface area contributed by atoms with E-state index in [0.29, 0.717) is 0 Å². The summed E-state index contributed by atoms with van der Waals surface area (Å²) in [7, 11) is 0. The van der Waals surface area contributed by atoms with Crippen LogP contribution in [-0.4, -0.2) is 0 Å². The Kier molecular flexibility index (Phi) is 4.18. The number of allylic oxidation sites excluding steroid dienone is 4. The molecule has 1 aliphatic carbocycles. The number of aryl methyl sites for hydroxylation is 1. The van der Waals surface area contributed by atoms with Crippen LogP contribution in [0.1, 0.15) is 31.4 Å². The van der Waals surface area contributed by atoms with Gasteiger partial charge in [-0.15, -0.1) is 0 Å². The second kappa shape index (κ2) is 5.43. The van der Waals surface area contributed by atoms with Gasteiger partial charge in [0.25, 0.3) is 0 Å². The number of hydrogen-bond donors (Lipinski definition) is 0. The Labute approximate surface area is 87.0 Å². The molecule has 1 aromatic carbocycles. The van der Waals surface area contributed by atoms with E-state index in [4.69, 9.17) is 0 Å². The fourth-order valence-electron chi connectivity index (χ4n) is 1.42. The van der Waals surface area contributed by atoms with Crippen LogP contribution in [0.3, 0.4) is 0 Å². The minimum absolute atomic E-state index is 1.09. The largest absolute Gasteiger partial charge is 0.0801 e. The predicted octanol–water partition coefficient (Wildman–Crippen LogP) is 4.36. The van der Waals surface area contributed by atoms with Gasteiger partial charge >= 0.3 is 0 Å². The van der Waals surface area contributed by atoms with Crippen LogP contribution in [0.15, 0.2) is 42.5 Å². The summed E-state index contributed by atoms with van der Waals surface area (Å²) in [5.74, 6) is 0. The summed E-state index contributed by atoms with van der Waals surface area (Å²) in [6.07, 6.45) is 7.72. The van der Waals surface area contributed by atoms with E-state index in [1.165, 1.54) is 16.7 Å². The SMILES string of the molecule is CC.Cc1ccc(C2=CCC=C2)cc1.